The van der Waals surface area contributed by atoms with Gasteiger partial charge in [0.2, 0.25) is 0 Å². The number of nitro groups is 1. The molecule has 0 aliphatic carbocycles. The highest BCUT2D eigenvalue weighted by Gasteiger charge is 2.22. The van der Waals surface area contributed by atoms with E-state index in [1.807, 2.05) is 0 Å². The van der Waals surface area contributed by atoms with Crippen LogP contribution in [-0.4, -0.2) is 57.6 Å². The number of anilines is 1. The molecule has 0 radical (unpaired) electrons. The fraction of sp³-hybridized carbons (Fsp3) is 0.350. The van der Waals surface area contributed by atoms with Crippen LogP contribution in [-0.2, 0) is 14.8 Å². The largest absolute Gasteiger partial charge is 0.495 e. The second kappa shape index (κ2) is 9.31. The molecule has 3 rings (SSSR count). The summed E-state index contributed by atoms with van der Waals surface area (Å²) in [5, 5.41) is 11.0. The molecule has 11 heteroatoms. The van der Waals surface area contributed by atoms with E-state index >= 15 is 0 Å². The van der Waals surface area contributed by atoms with Crippen LogP contribution in [0.5, 0.6) is 5.75 Å². The number of nitro benzene ring substituents is 1. The first-order valence-corrected chi connectivity index (χ1v) is 11.0. The zero-order valence-corrected chi connectivity index (χ0v) is 17.9. The molecule has 10 nitrogen and oxygen atoms in total. The normalized spacial score (nSPS) is 16.0. The van der Waals surface area contributed by atoms with Crippen molar-refractivity contribution in [2.75, 3.05) is 32.0 Å². The van der Waals surface area contributed by atoms with Gasteiger partial charge < -0.3 is 14.4 Å². The van der Waals surface area contributed by atoms with Crippen LogP contribution in [0.3, 0.4) is 0 Å². The molecule has 1 amide bonds. The van der Waals surface area contributed by atoms with Crippen LogP contribution in [0.1, 0.15) is 23.2 Å². The minimum absolute atomic E-state index is 0.0164. The number of methoxy groups -OCH3 is 1. The summed E-state index contributed by atoms with van der Waals surface area (Å²) in [5.41, 5.74) is -0.00532. The topological polar surface area (TPSA) is 128 Å². The number of non-ortho nitro benzene ring substituents is 1. The van der Waals surface area contributed by atoms with Crippen LogP contribution in [0.2, 0.25) is 0 Å². The van der Waals surface area contributed by atoms with Crippen LogP contribution in [0.15, 0.2) is 47.4 Å². The third-order valence-electron chi connectivity index (χ3n) is 4.90. The monoisotopic (exact) mass is 449 g/mol. The summed E-state index contributed by atoms with van der Waals surface area (Å²) in [6.07, 6.45) is 1.89. The van der Waals surface area contributed by atoms with Gasteiger partial charge in [-0.1, -0.05) is 0 Å². The molecule has 2 aromatic carbocycles. The standard InChI is InChI=1S/C20H23N3O7S/c1-22(13-16-4-3-11-30-16)20(24)14-5-8-17(9-6-14)31(27,28)21-18-12-15(23(25)26)7-10-19(18)29-2/h5-10,12,16,21H,3-4,11,13H2,1-2H3. The predicted octanol–water partition coefficient (Wildman–Crippen LogP) is 2.66. The smallest absolute Gasteiger partial charge is 0.271 e. The number of carbonyl (C=O) groups excluding carboxylic acids is 1. The Labute approximate surface area is 180 Å². The highest BCUT2D eigenvalue weighted by Crippen LogP contribution is 2.31. The fourth-order valence-corrected chi connectivity index (χ4v) is 4.33. The second-order valence-corrected chi connectivity index (χ2v) is 8.77. The number of sulfonamides is 1. The number of hydrogen-bond acceptors (Lipinski definition) is 7. The van der Waals surface area contributed by atoms with Gasteiger partial charge in [0.15, 0.2) is 0 Å². The summed E-state index contributed by atoms with van der Waals surface area (Å²) < 4.78 is 38.4. The number of amides is 1. The SMILES string of the molecule is COc1ccc([N+](=O)[O-])cc1NS(=O)(=O)c1ccc(C(=O)N(C)CC2CCCO2)cc1. The summed E-state index contributed by atoms with van der Waals surface area (Å²) >= 11 is 0. The number of likely N-dealkylation sites (N-methyl/N-ethyl adjacent to an activating group) is 1. The van der Waals surface area contributed by atoms with Crippen molar-refractivity contribution in [1.82, 2.24) is 4.90 Å². The molecule has 1 aliphatic heterocycles. The molecule has 0 aromatic heterocycles. The van der Waals surface area contributed by atoms with Crippen molar-refractivity contribution >= 4 is 27.3 Å². The first-order valence-electron chi connectivity index (χ1n) is 9.53. The molecule has 1 unspecified atom stereocenters. The van der Waals surface area contributed by atoms with Gasteiger partial charge in [0, 0.05) is 37.9 Å². The molecule has 1 N–H and O–H groups in total. The molecule has 1 aliphatic rings. The van der Waals surface area contributed by atoms with Gasteiger partial charge in [-0.15, -0.1) is 0 Å². The third-order valence-corrected chi connectivity index (χ3v) is 6.28. The van der Waals surface area contributed by atoms with E-state index in [2.05, 4.69) is 4.72 Å². The van der Waals surface area contributed by atoms with E-state index in [4.69, 9.17) is 9.47 Å². The van der Waals surface area contributed by atoms with Crippen molar-refractivity contribution in [3.8, 4) is 5.75 Å². The maximum atomic E-state index is 12.7. The number of carbonyl (C=O) groups is 1. The van der Waals surface area contributed by atoms with Gasteiger partial charge in [-0.3, -0.25) is 19.6 Å². The second-order valence-electron chi connectivity index (χ2n) is 7.09. The van der Waals surface area contributed by atoms with E-state index in [9.17, 15) is 23.3 Å². The number of ether oxygens (including phenoxy) is 2. The van der Waals surface area contributed by atoms with Crippen LogP contribution in [0, 0.1) is 10.1 Å². The lowest BCUT2D eigenvalue weighted by atomic mass is 10.2. The van der Waals surface area contributed by atoms with Crippen LogP contribution in [0.4, 0.5) is 11.4 Å². The Hall–Kier alpha value is -3.18. The number of hydrogen-bond donors (Lipinski definition) is 1. The van der Waals surface area contributed by atoms with E-state index in [-0.39, 0.29) is 34.0 Å². The molecular weight excluding hydrogens is 426 g/mol. The van der Waals surface area contributed by atoms with Gasteiger partial charge in [-0.25, -0.2) is 8.42 Å². The molecule has 1 saturated heterocycles. The fourth-order valence-electron chi connectivity index (χ4n) is 3.27. The Morgan fingerprint density at radius 1 is 1.29 bits per heavy atom. The summed E-state index contributed by atoms with van der Waals surface area (Å²) in [6.45, 7) is 1.16. The number of rotatable bonds is 8. The molecule has 1 atom stereocenters. The van der Waals surface area contributed by atoms with E-state index in [0.717, 1.165) is 18.9 Å². The first kappa shape index (κ1) is 22.5. The van der Waals surface area contributed by atoms with Gasteiger partial charge in [0.05, 0.1) is 28.7 Å². The average molecular weight is 449 g/mol. The van der Waals surface area contributed by atoms with Crippen LogP contribution >= 0.6 is 0 Å². The molecule has 0 saturated carbocycles. The van der Waals surface area contributed by atoms with E-state index < -0.39 is 14.9 Å². The minimum Gasteiger partial charge on any atom is -0.495 e. The van der Waals surface area contributed by atoms with Crippen LogP contribution < -0.4 is 9.46 Å². The maximum absolute atomic E-state index is 12.7. The Bertz CT molecular complexity index is 1060. The van der Waals surface area contributed by atoms with E-state index in [1.165, 1.54) is 43.5 Å². The van der Waals surface area contributed by atoms with Gasteiger partial charge in [-0.2, -0.15) is 0 Å². The molecule has 0 spiro atoms. The van der Waals surface area contributed by atoms with E-state index in [0.29, 0.717) is 18.7 Å². The summed E-state index contributed by atoms with van der Waals surface area (Å²) in [5.74, 6) is -0.107. The molecule has 31 heavy (non-hydrogen) atoms. The van der Waals surface area contributed by atoms with Crippen molar-refractivity contribution < 1.29 is 27.6 Å². The summed E-state index contributed by atoms with van der Waals surface area (Å²) in [6, 6.07) is 9.06. The summed E-state index contributed by atoms with van der Waals surface area (Å²) in [7, 11) is -1.07. The van der Waals surface area contributed by atoms with Gasteiger partial charge >= 0.3 is 0 Å². The zero-order chi connectivity index (χ0) is 22.6. The molecule has 2 aromatic rings. The third kappa shape index (κ3) is 5.30. The Kier molecular flexibility index (Phi) is 6.76. The summed E-state index contributed by atoms with van der Waals surface area (Å²) in [4.78, 5) is 24.4. The lowest BCUT2D eigenvalue weighted by Crippen LogP contribution is -2.34. The Balaban J connectivity index is 1.76. The van der Waals surface area contributed by atoms with Crippen LogP contribution in [0.25, 0.3) is 0 Å². The van der Waals surface area contributed by atoms with Crippen molar-refractivity contribution in [3.63, 3.8) is 0 Å². The molecule has 1 heterocycles. The predicted molar refractivity (Wildman–Crippen MR) is 113 cm³/mol. The first-order chi connectivity index (χ1) is 14.7. The van der Waals surface area contributed by atoms with Crippen molar-refractivity contribution in [2.45, 2.75) is 23.8 Å². The highest BCUT2D eigenvalue weighted by atomic mass is 32.2. The van der Waals surface area contributed by atoms with Crippen molar-refractivity contribution in [3.05, 3.63) is 58.1 Å². The average Bonchev–Trinajstić information content (AvgIpc) is 3.26. The highest BCUT2D eigenvalue weighted by molar-refractivity contribution is 7.92. The van der Waals surface area contributed by atoms with Gasteiger partial charge in [-0.05, 0) is 43.2 Å². The number of nitrogens with zero attached hydrogens (tertiary/aromatic N) is 2. The van der Waals surface area contributed by atoms with Crippen molar-refractivity contribution in [1.29, 1.82) is 0 Å². The van der Waals surface area contributed by atoms with Gasteiger partial charge in [0.1, 0.15) is 5.75 Å². The Morgan fingerprint density at radius 2 is 2.00 bits per heavy atom. The van der Waals surface area contributed by atoms with Gasteiger partial charge in [0.25, 0.3) is 21.6 Å². The zero-order valence-electron chi connectivity index (χ0n) is 17.1. The van der Waals surface area contributed by atoms with E-state index in [1.54, 1.807) is 11.9 Å². The lowest BCUT2D eigenvalue weighted by Gasteiger charge is -2.21. The minimum atomic E-state index is -4.07. The molecule has 166 valence electrons. The lowest BCUT2D eigenvalue weighted by molar-refractivity contribution is -0.384. The maximum Gasteiger partial charge on any atom is 0.271 e. The quantitative estimate of drug-likeness (QED) is 0.485. The molecule has 0 bridgehead atoms. The number of nitrogens with one attached hydrogen (secondary N) is 1. The molecule has 1 fully saturated rings. The number of benzene rings is 2. The molecular formula is C20H23N3O7S. The Morgan fingerprint density at radius 3 is 2.58 bits per heavy atom. The van der Waals surface area contributed by atoms with Crippen molar-refractivity contribution in [2.24, 2.45) is 0 Å².